The summed E-state index contributed by atoms with van der Waals surface area (Å²) in [5.41, 5.74) is 1.43. The summed E-state index contributed by atoms with van der Waals surface area (Å²) in [6, 6.07) is 11.8. The fourth-order valence-electron chi connectivity index (χ4n) is 3.03. The molecule has 0 fully saturated rings. The highest BCUT2D eigenvalue weighted by Crippen LogP contribution is 2.23. The molecule has 0 saturated heterocycles. The summed E-state index contributed by atoms with van der Waals surface area (Å²) in [6.45, 7) is 1.52. The third kappa shape index (κ3) is 5.39. The molecule has 8 heteroatoms. The Kier molecular flexibility index (Phi) is 6.74. The summed E-state index contributed by atoms with van der Waals surface area (Å²) in [6.07, 6.45) is 0.717. The summed E-state index contributed by atoms with van der Waals surface area (Å²) in [5.74, 6) is -1.71. The minimum absolute atomic E-state index is 0.0478. The Morgan fingerprint density at radius 1 is 1.17 bits per heavy atom. The van der Waals surface area contributed by atoms with E-state index in [1.54, 1.807) is 36.4 Å². The molecule has 1 aromatic heterocycles. The van der Waals surface area contributed by atoms with Gasteiger partial charge in [-0.15, -0.1) is 0 Å². The Morgan fingerprint density at radius 3 is 2.57 bits per heavy atom. The molecule has 1 N–H and O–H groups in total. The number of halogens is 1. The number of carbonyl (C=O) groups is 2. The maximum atomic E-state index is 12.2. The molecular weight excluding hydrogens is 410 g/mol. The number of benzene rings is 2. The number of hydrogen-bond donors (Lipinski definition) is 1. The molecule has 30 heavy (non-hydrogen) atoms. The van der Waals surface area contributed by atoms with Crippen molar-refractivity contribution in [2.75, 3.05) is 6.61 Å². The molecule has 0 aliphatic heterocycles. The van der Waals surface area contributed by atoms with Crippen molar-refractivity contribution in [3.8, 4) is 5.75 Å². The van der Waals surface area contributed by atoms with E-state index in [0.29, 0.717) is 28.3 Å². The molecule has 0 saturated carbocycles. The number of aryl methyl sites for hydroxylation is 1. The highest BCUT2D eigenvalue weighted by Gasteiger charge is 2.15. The second kappa shape index (κ2) is 9.45. The number of ether oxygens (including phenoxy) is 1. The maximum absolute atomic E-state index is 12.2. The first-order valence-electron chi connectivity index (χ1n) is 9.30. The Labute approximate surface area is 177 Å². The molecule has 1 heterocycles. The summed E-state index contributed by atoms with van der Waals surface area (Å²) in [5, 5.41) is 15.1. The van der Waals surface area contributed by atoms with E-state index in [9.17, 15) is 19.5 Å². The van der Waals surface area contributed by atoms with Gasteiger partial charge >= 0.3 is 5.63 Å². The van der Waals surface area contributed by atoms with Gasteiger partial charge in [-0.05, 0) is 48.2 Å². The van der Waals surface area contributed by atoms with Crippen LogP contribution in [0.3, 0.4) is 0 Å². The monoisotopic (exact) mass is 428 g/mol. The lowest BCUT2D eigenvalue weighted by atomic mass is 10.1. The van der Waals surface area contributed by atoms with Gasteiger partial charge in [-0.1, -0.05) is 30.7 Å². The van der Waals surface area contributed by atoms with Crippen molar-refractivity contribution in [3.63, 3.8) is 0 Å². The molecule has 1 amide bonds. The topological polar surface area (TPSA) is 109 Å². The molecular formula is C22H19ClNO6-. The van der Waals surface area contributed by atoms with Crippen LogP contribution in [0.4, 0.5) is 0 Å². The van der Waals surface area contributed by atoms with Gasteiger partial charge in [0.25, 0.3) is 5.91 Å². The smallest absolute Gasteiger partial charge is 0.336 e. The predicted octanol–water partition coefficient (Wildman–Crippen LogP) is 1.86. The predicted molar refractivity (Wildman–Crippen MR) is 109 cm³/mol. The average Bonchev–Trinajstić information content (AvgIpc) is 2.72. The van der Waals surface area contributed by atoms with E-state index in [1.807, 2.05) is 6.92 Å². The standard InChI is InChI=1S/C22H20ClNO6/c1-2-14-10-21(26)30-19-11-16(7-8-17(14)19)29-12-20(25)24-18(22(27)28)9-13-3-5-15(23)6-4-13/h3-8,10-11,18H,2,9,12H2,1H3,(H,24,25)(H,27,28)/p-1/t18-/m1/s1. The highest BCUT2D eigenvalue weighted by molar-refractivity contribution is 6.30. The Bertz CT molecular complexity index is 1120. The van der Waals surface area contributed by atoms with Crippen LogP contribution >= 0.6 is 11.6 Å². The number of aliphatic carboxylic acids is 1. The van der Waals surface area contributed by atoms with Gasteiger partial charge in [-0.2, -0.15) is 0 Å². The number of hydrogen-bond acceptors (Lipinski definition) is 6. The van der Waals surface area contributed by atoms with Crippen molar-refractivity contribution in [1.82, 2.24) is 5.32 Å². The molecule has 0 aliphatic carbocycles. The van der Waals surface area contributed by atoms with E-state index in [0.717, 1.165) is 10.9 Å². The summed E-state index contributed by atoms with van der Waals surface area (Å²) >= 11 is 5.82. The fraction of sp³-hybridized carbons (Fsp3) is 0.227. The van der Waals surface area contributed by atoms with E-state index in [-0.39, 0.29) is 6.42 Å². The third-order valence-electron chi connectivity index (χ3n) is 4.53. The van der Waals surface area contributed by atoms with Crippen molar-refractivity contribution in [2.24, 2.45) is 0 Å². The quantitative estimate of drug-likeness (QED) is 0.548. The molecule has 0 spiro atoms. The number of carboxylic acid groups (broad SMARTS) is 1. The van der Waals surface area contributed by atoms with Gasteiger partial charge in [0.15, 0.2) is 6.61 Å². The Balaban J connectivity index is 1.64. The van der Waals surface area contributed by atoms with Crippen LogP contribution in [0.1, 0.15) is 18.1 Å². The van der Waals surface area contributed by atoms with Crippen LogP contribution < -0.4 is 20.8 Å². The van der Waals surface area contributed by atoms with Gasteiger partial charge in [0, 0.05) is 22.5 Å². The zero-order chi connectivity index (χ0) is 21.7. The van der Waals surface area contributed by atoms with Crippen LogP contribution in [0.25, 0.3) is 11.0 Å². The molecule has 1 atom stereocenters. The van der Waals surface area contributed by atoms with Gasteiger partial charge in [-0.3, -0.25) is 4.79 Å². The first-order valence-corrected chi connectivity index (χ1v) is 9.67. The van der Waals surface area contributed by atoms with Crippen LogP contribution in [0.2, 0.25) is 5.02 Å². The first-order chi connectivity index (χ1) is 14.4. The lowest BCUT2D eigenvalue weighted by Crippen LogP contribution is -2.50. The molecule has 3 aromatic rings. The van der Waals surface area contributed by atoms with Crippen molar-refractivity contribution < 1.29 is 23.8 Å². The van der Waals surface area contributed by atoms with Gasteiger partial charge in [0.2, 0.25) is 0 Å². The number of nitrogens with one attached hydrogen (secondary N) is 1. The summed E-state index contributed by atoms with van der Waals surface area (Å²) in [4.78, 5) is 35.2. The SMILES string of the molecule is CCc1cc(=O)oc2cc(OCC(=O)N[C@H](Cc3ccc(Cl)cc3)C(=O)[O-])ccc12. The number of fused-ring (bicyclic) bond motifs is 1. The highest BCUT2D eigenvalue weighted by atomic mass is 35.5. The molecule has 7 nitrogen and oxygen atoms in total. The van der Waals surface area contributed by atoms with Gasteiger partial charge in [-0.25, -0.2) is 4.79 Å². The number of carbonyl (C=O) groups excluding carboxylic acids is 2. The Morgan fingerprint density at radius 2 is 1.90 bits per heavy atom. The van der Waals surface area contributed by atoms with E-state index < -0.39 is 30.2 Å². The zero-order valence-electron chi connectivity index (χ0n) is 16.1. The largest absolute Gasteiger partial charge is 0.548 e. The summed E-state index contributed by atoms with van der Waals surface area (Å²) in [7, 11) is 0. The minimum Gasteiger partial charge on any atom is -0.548 e. The second-order valence-corrected chi connectivity index (χ2v) is 7.10. The van der Waals surface area contributed by atoms with Crippen LogP contribution in [-0.4, -0.2) is 24.5 Å². The van der Waals surface area contributed by atoms with Crippen LogP contribution in [0.15, 0.2) is 57.7 Å². The van der Waals surface area contributed by atoms with Crippen molar-refractivity contribution >= 4 is 34.4 Å². The lowest BCUT2D eigenvalue weighted by molar-refractivity contribution is -0.308. The summed E-state index contributed by atoms with van der Waals surface area (Å²) < 4.78 is 10.6. The minimum atomic E-state index is -1.40. The van der Waals surface area contributed by atoms with Crippen LogP contribution in [0, 0.1) is 0 Å². The maximum Gasteiger partial charge on any atom is 0.336 e. The van der Waals surface area contributed by atoms with E-state index in [2.05, 4.69) is 5.32 Å². The van der Waals surface area contributed by atoms with Crippen molar-refractivity contribution in [1.29, 1.82) is 0 Å². The number of amides is 1. The van der Waals surface area contributed by atoms with Crippen molar-refractivity contribution in [2.45, 2.75) is 25.8 Å². The second-order valence-electron chi connectivity index (χ2n) is 6.66. The van der Waals surface area contributed by atoms with Gasteiger partial charge in [0.1, 0.15) is 11.3 Å². The van der Waals surface area contributed by atoms with Crippen LogP contribution in [-0.2, 0) is 22.4 Å². The number of carboxylic acids is 1. The molecule has 0 unspecified atom stereocenters. The van der Waals surface area contributed by atoms with Crippen LogP contribution in [0.5, 0.6) is 5.75 Å². The molecule has 0 radical (unpaired) electrons. The normalized spacial score (nSPS) is 11.8. The van der Waals surface area contributed by atoms with Gasteiger partial charge < -0.3 is 24.4 Å². The fourth-order valence-corrected chi connectivity index (χ4v) is 3.15. The zero-order valence-corrected chi connectivity index (χ0v) is 16.9. The molecule has 0 aliphatic rings. The van der Waals surface area contributed by atoms with E-state index in [4.69, 9.17) is 20.8 Å². The molecule has 2 aromatic carbocycles. The lowest BCUT2D eigenvalue weighted by Gasteiger charge is -2.20. The van der Waals surface area contributed by atoms with E-state index in [1.165, 1.54) is 12.1 Å². The van der Waals surface area contributed by atoms with Crippen molar-refractivity contribution in [3.05, 3.63) is 75.1 Å². The molecule has 156 valence electrons. The third-order valence-corrected chi connectivity index (χ3v) is 4.78. The number of rotatable bonds is 8. The van der Waals surface area contributed by atoms with Gasteiger partial charge in [0.05, 0.1) is 12.0 Å². The molecule has 0 bridgehead atoms. The average molecular weight is 429 g/mol. The Hall–Kier alpha value is -3.32. The van der Waals surface area contributed by atoms with E-state index >= 15 is 0 Å². The molecule has 3 rings (SSSR count). The first kappa shape index (κ1) is 21.4.